The van der Waals surface area contributed by atoms with Crippen LogP contribution in [0.1, 0.15) is 32.1 Å². The van der Waals surface area contributed by atoms with Crippen LogP contribution in [0.15, 0.2) is 24.3 Å². The fraction of sp³-hybridized carbons (Fsp3) is 0.667. The summed E-state index contributed by atoms with van der Waals surface area (Å²) in [4.78, 5) is 29.7. The molecule has 0 unspecified atom stereocenters. The number of nitrogens with zero attached hydrogens (tertiary/aromatic N) is 2. The smallest absolute Gasteiger partial charge is 0.406 e. The van der Waals surface area contributed by atoms with Crippen LogP contribution in [-0.2, 0) is 9.59 Å². The third-order valence-corrected chi connectivity index (χ3v) is 7.93. The molecule has 2 amide bonds. The lowest BCUT2D eigenvalue weighted by Crippen LogP contribution is -2.56. The van der Waals surface area contributed by atoms with Gasteiger partial charge in [0.2, 0.25) is 11.8 Å². The van der Waals surface area contributed by atoms with Crippen molar-refractivity contribution in [2.24, 2.45) is 29.6 Å². The number of hydrogen-bond donors (Lipinski definition) is 1. The van der Waals surface area contributed by atoms with E-state index >= 15 is 0 Å². The molecular formula is C24H30F3N3O3. The molecule has 4 bridgehead atoms. The van der Waals surface area contributed by atoms with Gasteiger partial charge >= 0.3 is 6.36 Å². The molecule has 4 saturated carbocycles. The van der Waals surface area contributed by atoms with E-state index in [0.717, 1.165) is 24.0 Å². The molecule has 4 aliphatic carbocycles. The Bertz CT molecular complexity index is 853. The zero-order chi connectivity index (χ0) is 23.2. The van der Waals surface area contributed by atoms with Gasteiger partial charge in [0, 0.05) is 37.8 Å². The molecule has 33 heavy (non-hydrogen) atoms. The second kappa shape index (κ2) is 8.81. The third-order valence-electron chi connectivity index (χ3n) is 7.93. The molecule has 1 aromatic carbocycles. The minimum Gasteiger partial charge on any atom is -0.406 e. The van der Waals surface area contributed by atoms with E-state index in [9.17, 15) is 22.8 Å². The SMILES string of the molecule is O=C(CN1CCN(C(=O)C2C3CC4CC(C3)CC2C4)CC1)Nc1ccc(OC(F)(F)F)cc1. The molecule has 1 aliphatic heterocycles. The standard InChI is InChI=1S/C24H30F3N3O3/c25-24(26,27)33-20-3-1-19(2-4-20)28-21(31)14-29-5-7-30(8-6-29)23(32)22-17-10-15-9-16(12-17)13-18(22)11-15/h1-4,15-18,22H,5-14H2,(H,28,31). The van der Waals surface area contributed by atoms with Gasteiger partial charge in [-0.2, -0.15) is 0 Å². The maximum absolute atomic E-state index is 13.3. The summed E-state index contributed by atoms with van der Waals surface area (Å²) in [6.07, 6.45) is 1.55. The predicted octanol–water partition coefficient (Wildman–Crippen LogP) is 3.74. The molecule has 5 fully saturated rings. The van der Waals surface area contributed by atoms with Crippen molar-refractivity contribution in [3.05, 3.63) is 24.3 Å². The number of anilines is 1. The number of carbonyl (C=O) groups excluding carboxylic acids is 2. The first-order valence-corrected chi connectivity index (χ1v) is 11.9. The number of piperazine rings is 1. The van der Waals surface area contributed by atoms with E-state index in [1.807, 2.05) is 9.80 Å². The summed E-state index contributed by atoms with van der Waals surface area (Å²) in [5.41, 5.74) is 0.408. The Hall–Kier alpha value is -2.29. The van der Waals surface area contributed by atoms with E-state index in [4.69, 9.17) is 0 Å². The number of carbonyl (C=O) groups is 2. The van der Waals surface area contributed by atoms with Crippen LogP contribution in [0.5, 0.6) is 5.75 Å². The molecule has 0 radical (unpaired) electrons. The molecule has 1 heterocycles. The van der Waals surface area contributed by atoms with Gasteiger partial charge in [0.25, 0.3) is 0 Å². The molecule has 0 atom stereocenters. The van der Waals surface area contributed by atoms with Gasteiger partial charge in [-0.3, -0.25) is 14.5 Å². The van der Waals surface area contributed by atoms with Crippen molar-refractivity contribution in [3.63, 3.8) is 0 Å². The van der Waals surface area contributed by atoms with Gasteiger partial charge < -0.3 is 15.0 Å². The first kappa shape index (κ1) is 22.5. The molecule has 0 aromatic heterocycles. The Kier molecular flexibility index (Phi) is 6.01. The third kappa shape index (κ3) is 5.13. The summed E-state index contributed by atoms with van der Waals surface area (Å²) in [6.45, 7) is 2.74. The first-order chi connectivity index (χ1) is 15.7. The summed E-state index contributed by atoms with van der Waals surface area (Å²) in [5, 5.41) is 2.70. The van der Waals surface area contributed by atoms with E-state index < -0.39 is 6.36 Å². The molecule has 1 N–H and O–H groups in total. The summed E-state index contributed by atoms with van der Waals surface area (Å²) in [6, 6.07) is 5.08. The van der Waals surface area contributed by atoms with Crippen LogP contribution in [0.25, 0.3) is 0 Å². The Balaban J connectivity index is 1.08. The molecule has 5 aliphatic rings. The van der Waals surface area contributed by atoms with E-state index in [1.165, 1.54) is 44.2 Å². The van der Waals surface area contributed by atoms with E-state index in [2.05, 4.69) is 10.1 Å². The Morgan fingerprint density at radius 1 is 0.909 bits per heavy atom. The van der Waals surface area contributed by atoms with Crippen molar-refractivity contribution in [1.29, 1.82) is 0 Å². The molecule has 9 heteroatoms. The lowest BCUT2D eigenvalue weighted by molar-refractivity contribution is -0.274. The maximum atomic E-state index is 13.3. The van der Waals surface area contributed by atoms with Crippen LogP contribution in [0.2, 0.25) is 0 Å². The quantitative estimate of drug-likeness (QED) is 0.720. The van der Waals surface area contributed by atoms with E-state index in [-0.39, 0.29) is 24.1 Å². The number of rotatable bonds is 5. The number of alkyl halides is 3. The number of nitrogens with one attached hydrogen (secondary N) is 1. The highest BCUT2D eigenvalue weighted by Crippen LogP contribution is 2.56. The zero-order valence-corrected chi connectivity index (χ0v) is 18.5. The van der Waals surface area contributed by atoms with Gasteiger partial charge in [0.1, 0.15) is 5.75 Å². The predicted molar refractivity (Wildman–Crippen MR) is 115 cm³/mol. The number of ether oxygens (including phenoxy) is 1. The van der Waals surface area contributed by atoms with Crippen molar-refractivity contribution in [1.82, 2.24) is 9.80 Å². The summed E-state index contributed by atoms with van der Waals surface area (Å²) in [5.74, 6) is 2.81. The van der Waals surface area contributed by atoms with Gasteiger partial charge in [0.05, 0.1) is 6.54 Å². The fourth-order valence-electron chi connectivity index (χ4n) is 6.81. The first-order valence-electron chi connectivity index (χ1n) is 11.9. The second-order valence-corrected chi connectivity index (χ2v) is 10.2. The lowest BCUT2D eigenvalue weighted by Gasteiger charge is -2.54. The molecule has 6 rings (SSSR count). The van der Waals surface area contributed by atoms with Gasteiger partial charge in [-0.1, -0.05) is 0 Å². The van der Waals surface area contributed by atoms with Crippen molar-refractivity contribution < 1.29 is 27.5 Å². The molecule has 6 nitrogen and oxygen atoms in total. The van der Waals surface area contributed by atoms with Crippen LogP contribution in [0.3, 0.4) is 0 Å². The van der Waals surface area contributed by atoms with Crippen LogP contribution < -0.4 is 10.1 Å². The molecule has 0 spiro atoms. The van der Waals surface area contributed by atoms with Gasteiger partial charge in [-0.25, -0.2) is 0 Å². The van der Waals surface area contributed by atoms with Crippen LogP contribution in [0, 0.1) is 29.6 Å². The van der Waals surface area contributed by atoms with Crippen molar-refractivity contribution >= 4 is 17.5 Å². The van der Waals surface area contributed by atoms with E-state index in [0.29, 0.717) is 49.6 Å². The molecule has 1 aromatic rings. The topological polar surface area (TPSA) is 61.9 Å². The largest absolute Gasteiger partial charge is 0.573 e. The molecule has 1 saturated heterocycles. The van der Waals surface area contributed by atoms with Crippen molar-refractivity contribution in [2.45, 2.75) is 38.5 Å². The van der Waals surface area contributed by atoms with Crippen LogP contribution in [-0.4, -0.2) is 60.7 Å². The molecular weight excluding hydrogens is 435 g/mol. The lowest BCUT2D eigenvalue weighted by atomic mass is 9.51. The Morgan fingerprint density at radius 3 is 2.03 bits per heavy atom. The van der Waals surface area contributed by atoms with Gasteiger partial charge in [-0.05, 0) is 80.0 Å². The molecule has 180 valence electrons. The summed E-state index contributed by atoms with van der Waals surface area (Å²) in [7, 11) is 0. The van der Waals surface area contributed by atoms with Crippen LogP contribution >= 0.6 is 0 Å². The Labute approximate surface area is 191 Å². The number of halogens is 3. The summed E-state index contributed by atoms with van der Waals surface area (Å²) < 4.78 is 40.6. The average Bonchev–Trinajstić information content (AvgIpc) is 2.74. The average molecular weight is 466 g/mol. The monoisotopic (exact) mass is 465 g/mol. The van der Waals surface area contributed by atoms with Crippen molar-refractivity contribution in [2.75, 3.05) is 38.0 Å². The van der Waals surface area contributed by atoms with Crippen LogP contribution in [0.4, 0.5) is 18.9 Å². The highest BCUT2D eigenvalue weighted by Gasteiger charge is 2.51. The highest BCUT2D eigenvalue weighted by atomic mass is 19.4. The number of amides is 2. The maximum Gasteiger partial charge on any atom is 0.573 e. The fourth-order valence-corrected chi connectivity index (χ4v) is 6.81. The minimum atomic E-state index is -4.75. The second-order valence-electron chi connectivity index (χ2n) is 10.2. The normalized spacial score (nSPS) is 31.5. The van der Waals surface area contributed by atoms with E-state index in [1.54, 1.807) is 0 Å². The van der Waals surface area contributed by atoms with Gasteiger partial charge in [-0.15, -0.1) is 13.2 Å². The Morgan fingerprint density at radius 2 is 1.48 bits per heavy atom. The van der Waals surface area contributed by atoms with Crippen molar-refractivity contribution in [3.8, 4) is 5.75 Å². The minimum absolute atomic E-state index is 0.181. The number of benzene rings is 1. The summed E-state index contributed by atoms with van der Waals surface area (Å²) >= 11 is 0. The number of hydrogen-bond acceptors (Lipinski definition) is 4. The van der Waals surface area contributed by atoms with Gasteiger partial charge in [0.15, 0.2) is 0 Å². The zero-order valence-electron chi connectivity index (χ0n) is 18.5. The highest BCUT2D eigenvalue weighted by molar-refractivity contribution is 5.92.